The number of aryl methyl sites for hydroxylation is 1. The lowest BCUT2D eigenvalue weighted by atomic mass is 9.90. The molecule has 38 heavy (non-hydrogen) atoms. The Hall–Kier alpha value is -3.79. The molecule has 2 aromatic carbocycles. The number of alkyl halides is 3. The van der Waals surface area contributed by atoms with E-state index in [9.17, 15) is 22.8 Å². The molecular formula is C28H27F3N2O5. The molecule has 0 aliphatic carbocycles. The Morgan fingerprint density at radius 1 is 1.16 bits per heavy atom. The van der Waals surface area contributed by atoms with Gasteiger partial charge in [0.25, 0.3) is 0 Å². The van der Waals surface area contributed by atoms with Crippen molar-refractivity contribution in [2.24, 2.45) is 0 Å². The molecule has 3 aliphatic rings. The lowest BCUT2D eigenvalue weighted by Gasteiger charge is -2.35. The molecule has 1 spiro atoms. The number of methoxy groups -OCH3 is 1. The first-order valence-electron chi connectivity index (χ1n) is 12.2. The highest BCUT2D eigenvalue weighted by Crippen LogP contribution is 2.42. The van der Waals surface area contributed by atoms with Crippen molar-refractivity contribution >= 4 is 23.3 Å². The molecule has 1 saturated heterocycles. The maximum Gasteiger partial charge on any atom is 0.412 e. The van der Waals surface area contributed by atoms with Crippen molar-refractivity contribution in [2.75, 3.05) is 30.5 Å². The van der Waals surface area contributed by atoms with Crippen molar-refractivity contribution in [3.05, 3.63) is 65.9 Å². The number of amides is 1. The SMILES string of the molecule is COC(=O)C1=CC(C(F)(F)F)N(c2ccc(C)c(-c3ccc4c(c3)OC3(CCOCC3)CC(=O)N4)c2)C=C1. The van der Waals surface area contributed by atoms with Gasteiger partial charge < -0.3 is 24.4 Å². The molecule has 1 amide bonds. The van der Waals surface area contributed by atoms with Crippen LogP contribution in [0.25, 0.3) is 11.1 Å². The zero-order valence-electron chi connectivity index (χ0n) is 20.9. The van der Waals surface area contributed by atoms with Crippen LogP contribution in [0.4, 0.5) is 24.5 Å². The van der Waals surface area contributed by atoms with Crippen molar-refractivity contribution < 1.29 is 37.0 Å². The fraction of sp³-hybridized carbons (Fsp3) is 0.357. The zero-order valence-corrected chi connectivity index (χ0v) is 20.9. The summed E-state index contributed by atoms with van der Waals surface area (Å²) in [5.74, 6) is -0.457. The number of nitrogens with one attached hydrogen (secondary N) is 1. The zero-order chi connectivity index (χ0) is 27.1. The molecule has 7 nitrogen and oxygen atoms in total. The van der Waals surface area contributed by atoms with Gasteiger partial charge in [-0.05, 0) is 60.0 Å². The second-order valence-corrected chi connectivity index (χ2v) is 9.66. The van der Waals surface area contributed by atoms with Gasteiger partial charge in [0.2, 0.25) is 5.91 Å². The Balaban J connectivity index is 1.51. The normalized spacial score (nSPS) is 20.7. The van der Waals surface area contributed by atoms with Crippen LogP contribution in [0.3, 0.4) is 0 Å². The van der Waals surface area contributed by atoms with E-state index in [0.29, 0.717) is 48.7 Å². The first-order chi connectivity index (χ1) is 18.1. The van der Waals surface area contributed by atoms with E-state index in [4.69, 9.17) is 9.47 Å². The summed E-state index contributed by atoms with van der Waals surface area (Å²) >= 11 is 0. The van der Waals surface area contributed by atoms with Crippen molar-refractivity contribution in [1.29, 1.82) is 0 Å². The highest BCUT2D eigenvalue weighted by atomic mass is 19.4. The number of ether oxygens (including phenoxy) is 3. The molecule has 1 atom stereocenters. The molecule has 0 bridgehead atoms. The highest BCUT2D eigenvalue weighted by Gasteiger charge is 2.44. The third-order valence-electron chi connectivity index (χ3n) is 7.11. The summed E-state index contributed by atoms with van der Waals surface area (Å²) in [5, 5.41) is 2.90. The maximum absolute atomic E-state index is 14.0. The van der Waals surface area contributed by atoms with Crippen LogP contribution in [0.5, 0.6) is 5.75 Å². The van der Waals surface area contributed by atoms with E-state index in [1.54, 1.807) is 30.3 Å². The van der Waals surface area contributed by atoms with E-state index in [1.807, 2.05) is 13.0 Å². The quantitative estimate of drug-likeness (QED) is 0.546. The largest absolute Gasteiger partial charge is 0.484 e. The number of nitrogens with zero attached hydrogens (tertiary/aromatic N) is 1. The summed E-state index contributed by atoms with van der Waals surface area (Å²) in [5.41, 5.74) is 2.32. The third-order valence-corrected chi connectivity index (χ3v) is 7.11. The van der Waals surface area contributed by atoms with Gasteiger partial charge in [-0.15, -0.1) is 0 Å². The molecule has 200 valence electrons. The van der Waals surface area contributed by atoms with Crippen LogP contribution in [0.2, 0.25) is 0 Å². The summed E-state index contributed by atoms with van der Waals surface area (Å²) < 4.78 is 58.6. The highest BCUT2D eigenvalue weighted by molar-refractivity contribution is 5.95. The minimum Gasteiger partial charge on any atom is -0.484 e. The minimum absolute atomic E-state index is 0.133. The van der Waals surface area contributed by atoms with Gasteiger partial charge in [-0.2, -0.15) is 13.2 Å². The van der Waals surface area contributed by atoms with E-state index in [1.165, 1.54) is 12.3 Å². The number of fused-ring (bicyclic) bond motifs is 1. The van der Waals surface area contributed by atoms with Gasteiger partial charge in [0.1, 0.15) is 17.4 Å². The smallest absolute Gasteiger partial charge is 0.412 e. The van der Waals surface area contributed by atoms with Crippen LogP contribution >= 0.6 is 0 Å². The minimum atomic E-state index is -4.64. The molecule has 0 aromatic heterocycles. The fourth-order valence-electron chi connectivity index (χ4n) is 5.05. The molecular weight excluding hydrogens is 501 g/mol. The Morgan fingerprint density at radius 2 is 1.92 bits per heavy atom. The number of rotatable bonds is 3. The van der Waals surface area contributed by atoms with Gasteiger partial charge in [0.15, 0.2) is 0 Å². The summed E-state index contributed by atoms with van der Waals surface area (Å²) in [6, 6.07) is 8.35. The van der Waals surface area contributed by atoms with Crippen molar-refractivity contribution in [3.63, 3.8) is 0 Å². The van der Waals surface area contributed by atoms with Gasteiger partial charge in [-0.25, -0.2) is 4.79 Å². The van der Waals surface area contributed by atoms with Crippen LogP contribution in [0.1, 0.15) is 24.8 Å². The molecule has 0 saturated carbocycles. The number of carbonyl (C=O) groups excluding carboxylic acids is 2. The van der Waals surface area contributed by atoms with Crippen molar-refractivity contribution in [3.8, 4) is 16.9 Å². The van der Waals surface area contributed by atoms with Crippen LogP contribution in [-0.2, 0) is 19.1 Å². The Kier molecular flexibility index (Phi) is 6.68. The maximum atomic E-state index is 14.0. The summed E-state index contributed by atoms with van der Waals surface area (Å²) in [4.78, 5) is 25.5. The van der Waals surface area contributed by atoms with Gasteiger partial charge in [-0.1, -0.05) is 12.1 Å². The van der Waals surface area contributed by atoms with Gasteiger partial charge in [-0.3, -0.25) is 4.79 Å². The predicted octanol–water partition coefficient (Wildman–Crippen LogP) is 5.30. The molecule has 1 N–H and O–H groups in total. The standard InChI is InChI=1S/C28H27F3N2O5/c1-17-3-5-20(33-10-7-19(26(35)36-2)14-24(33)28(29,30)31)15-21(17)18-4-6-22-23(13-18)38-27(16-25(34)32-22)8-11-37-12-9-27/h3-7,10,13-15,24H,8-9,11-12,16H2,1-2H3,(H,32,34). The molecule has 1 fully saturated rings. The van der Waals surface area contributed by atoms with Gasteiger partial charge in [0.05, 0.1) is 38.0 Å². The lowest BCUT2D eigenvalue weighted by molar-refractivity contribution is -0.138. The van der Waals surface area contributed by atoms with Crippen molar-refractivity contribution in [2.45, 2.75) is 44.0 Å². The average Bonchev–Trinajstić information content (AvgIpc) is 3.02. The van der Waals surface area contributed by atoms with Crippen LogP contribution in [-0.4, -0.2) is 50.0 Å². The number of anilines is 2. The number of hydrogen-bond acceptors (Lipinski definition) is 6. The summed E-state index contributed by atoms with van der Waals surface area (Å²) in [7, 11) is 1.12. The fourth-order valence-corrected chi connectivity index (χ4v) is 5.05. The topological polar surface area (TPSA) is 77.1 Å². The monoisotopic (exact) mass is 528 g/mol. The number of carbonyl (C=O) groups is 2. The molecule has 0 radical (unpaired) electrons. The molecule has 10 heteroatoms. The van der Waals surface area contributed by atoms with E-state index in [0.717, 1.165) is 29.2 Å². The molecule has 2 aromatic rings. The first kappa shape index (κ1) is 25.8. The van der Waals surface area contributed by atoms with Crippen LogP contribution in [0, 0.1) is 6.92 Å². The Bertz CT molecular complexity index is 1330. The van der Waals surface area contributed by atoms with Crippen molar-refractivity contribution in [1.82, 2.24) is 0 Å². The number of halogens is 3. The lowest BCUT2D eigenvalue weighted by Crippen LogP contribution is -2.43. The summed E-state index contributed by atoms with van der Waals surface area (Å²) in [6.07, 6.45) is 0.153. The average molecular weight is 529 g/mol. The van der Waals surface area contributed by atoms with E-state index < -0.39 is 23.8 Å². The van der Waals surface area contributed by atoms with Gasteiger partial charge >= 0.3 is 12.1 Å². The molecule has 5 rings (SSSR count). The number of hydrogen-bond donors (Lipinski definition) is 1. The van der Waals surface area contributed by atoms with E-state index >= 15 is 0 Å². The second kappa shape index (κ2) is 9.83. The van der Waals surface area contributed by atoms with E-state index in [-0.39, 0.29) is 17.9 Å². The Labute approximate surface area is 217 Å². The molecule has 1 unspecified atom stereocenters. The number of benzene rings is 2. The Morgan fingerprint density at radius 3 is 2.63 bits per heavy atom. The van der Waals surface area contributed by atoms with Crippen LogP contribution in [0.15, 0.2) is 60.3 Å². The second-order valence-electron chi connectivity index (χ2n) is 9.66. The first-order valence-corrected chi connectivity index (χ1v) is 12.2. The van der Waals surface area contributed by atoms with Crippen LogP contribution < -0.4 is 15.0 Å². The number of esters is 1. The van der Waals surface area contributed by atoms with E-state index in [2.05, 4.69) is 10.1 Å². The third kappa shape index (κ3) is 5.00. The predicted molar refractivity (Wildman–Crippen MR) is 135 cm³/mol. The molecule has 3 heterocycles. The summed E-state index contributed by atoms with van der Waals surface area (Å²) in [6.45, 7) is 2.87. The molecule has 3 aliphatic heterocycles. The van der Waals surface area contributed by atoms with Gasteiger partial charge in [0, 0.05) is 24.7 Å².